The third-order valence-corrected chi connectivity index (χ3v) is 8.27. The van der Waals surface area contributed by atoms with E-state index >= 15 is 0 Å². The Morgan fingerprint density at radius 3 is 2.67 bits per heavy atom. The zero-order chi connectivity index (χ0) is 19.2. The topological polar surface area (TPSA) is 72.4 Å². The molecule has 1 saturated heterocycles. The van der Waals surface area contributed by atoms with E-state index in [1.54, 1.807) is 18.2 Å². The highest BCUT2D eigenvalue weighted by Crippen LogP contribution is 2.55. The first-order valence-electron chi connectivity index (χ1n) is 9.05. The number of benzene rings is 1. The van der Waals surface area contributed by atoms with E-state index in [-0.39, 0.29) is 11.3 Å². The number of sulfone groups is 1. The van der Waals surface area contributed by atoms with Gasteiger partial charge in [-0.15, -0.1) is 0 Å². The summed E-state index contributed by atoms with van der Waals surface area (Å²) in [5.41, 5.74) is 1.23. The summed E-state index contributed by atoms with van der Waals surface area (Å²) < 4.78 is 31.4. The zero-order valence-corrected chi connectivity index (χ0v) is 16.9. The van der Waals surface area contributed by atoms with Crippen molar-refractivity contribution in [3.8, 4) is 0 Å². The first kappa shape index (κ1) is 18.7. The van der Waals surface area contributed by atoms with Crippen LogP contribution in [0.15, 0.2) is 35.2 Å². The maximum absolute atomic E-state index is 13.5. The molecule has 27 heavy (non-hydrogen) atoms. The van der Waals surface area contributed by atoms with Crippen LogP contribution in [0.25, 0.3) is 0 Å². The Morgan fingerprint density at radius 1 is 1.26 bits per heavy atom. The molecule has 0 radical (unpaired) electrons. The molecule has 2 fully saturated rings. The molecule has 2 heterocycles. The highest BCUT2D eigenvalue weighted by molar-refractivity contribution is 7.92. The minimum Gasteiger partial charge on any atom is -0.377 e. The van der Waals surface area contributed by atoms with E-state index in [9.17, 15) is 8.42 Å². The van der Waals surface area contributed by atoms with Gasteiger partial charge < -0.3 is 9.64 Å². The Kier molecular flexibility index (Phi) is 4.64. The van der Waals surface area contributed by atoms with Gasteiger partial charge in [0.1, 0.15) is 10.6 Å². The molecule has 1 aliphatic heterocycles. The Balaban J connectivity index is 1.78. The van der Waals surface area contributed by atoms with E-state index in [4.69, 9.17) is 16.3 Å². The molecule has 144 valence electrons. The van der Waals surface area contributed by atoms with Crippen molar-refractivity contribution < 1.29 is 13.2 Å². The van der Waals surface area contributed by atoms with Crippen LogP contribution in [0, 0.1) is 6.92 Å². The summed E-state index contributed by atoms with van der Waals surface area (Å²) in [5, 5.41) is 0.0763. The smallest absolute Gasteiger partial charge is 0.224 e. The fraction of sp³-hybridized carbons (Fsp3) is 0.474. The van der Waals surface area contributed by atoms with Gasteiger partial charge in [0.05, 0.1) is 29.8 Å². The number of morpholine rings is 1. The lowest BCUT2D eigenvalue weighted by atomic mass is 10.2. The number of hydrogen-bond acceptors (Lipinski definition) is 6. The molecule has 4 rings (SSSR count). The molecule has 0 N–H and O–H groups in total. The van der Waals surface area contributed by atoms with Gasteiger partial charge in [-0.2, -0.15) is 0 Å². The van der Waals surface area contributed by atoms with Gasteiger partial charge in [-0.3, -0.25) is 0 Å². The second-order valence-corrected chi connectivity index (χ2v) is 9.83. The molecule has 0 unspecified atom stereocenters. The SMILES string of the molecule is Cc1ccccc1S(=O)(=O)C1(c2cc(N3CCOC[C@@H]3C)nc(Cl)n2)CC1. The summed E-state index contributed by atoms with van der Waals surface area (Å²) >= 11 is 6.20. The second-order valence-electron chi connectivity index (χ2n) is 7.26. The Bertz CT molecular complexity index is 976. The molecule has 2 aliphatic rings. The van der Waals surface area contributed by atoms with Crippen LogP contribution in [0.1, 0.15) is 31.0 Å². The Morgan fingerprint density at radius 2 is 2.00 bits per heavy atom. The minimum absolute atomic E-state index is 0.0763. The maximum Gasteiger partial charge on any atom is 0.224 e. The average Bonchev–Trinajstić information content (AvgIpc) is 3.44. The van der Waals surface area contributed by atoms with Crippen LogP contribution in [-0.4, -0.2) is 44.2 Å². The maximum atomic E-state index is 13.5. The van der Waals surface area contributed by atoms with E-state index in [0.29, 0.717) is 49.0 Å². The lowest BCUT2D eigenvalue weighted by Crippen LogP contribution is -2.44. The van der Waals surface area contributed by atoms with Gasteiger partial charge >= 0.3 is 0 Å². The summed E-state index contributed by atoms with van der Waals surface area (Å²) in [4.78, 5) is 11.1. The summed E-state index contributed by atoms with van der Waals surface area (Å²) in [5.74, 6) is 0.659. The average molecular weight is 408 g/mol. The number of aryl methyl sites for hydroxylation is 1. The summed E-state index contributed by atoms with van der Waals surface area (Å²) in [6, 6.07) is 9.00. The molecule has 1 atom stereocenters. The second kappa shape index (κ2) is 6.72. The number of hydrogen-bond donors (Lipinski definition) is 0. The van der Waals surface area contributed by atoms with Gasteiger partial charge in [0.25, 0.3) is 0 Å². The first-order chi connectivity index (χ1) is 12.8. The van der Waals surface area contributed by atoms with Crippen LogP contribution in [0.4, 0.5) is 5.82 Å². The highest BCUT2D eigenvalue weighted by atomic mass is 35.5. The fourth-order valence-corrected chi connectivity index (χ4v) is 6.07. The first-order valence-corrected chi connectivity index (χ1v) is 10.9. The third kappa shape index (κ3) is 3.11. The normalized spacial score (nSPS) is 21.9. The van der Waals surface area contributed by atoms with Gasteiger partial charge in [0.15, 0.2) is 9.84 Å². The molecule has 8 heteroatoms. The minimum atomic E-state index is -3.58. The summed E-state index contributed by atoms with van der Waals surface area (Å²) in [6.45, 7) is 5.76. The van der Waals surface area contributed by atoms with Gasteiger partial charge in [-0.25, -0.2) is 18.4 Å². The van der Waals surface area contributed by atoms with Crippen LogP contribution >= 0.6 is 11.6 Å². The van der Waals surface area contributed by atoms with Crippen molar-refractivity contribution in [2.24, 2.45) is 0 Å². The molecule has 1 aromatic heterocycles. The van der Waals surface area contributed by atoms with Crippen LogP contribution in [-0.2, 0) is 19.3 Å². The number of nitrogens with zero attached hydrogens (tertiary/aromatic N) is 3. The quantitative estimate of drug-likeness (QED) is 0.725. The lowest BCUT2D eigenvalue weighted by molar-refractivity contribution is 0.0985. The summed E-state index contributed by atoms with van der Waals surface area (Å²) in [6.07, 6.45) is 1.07. The molecule has 1 saturated carbocycles. The lowest BCUT2D eigenvalue weighted by Gasteiger charge is -2.34. The number of rotatable bonds is 4. The largest absolute Gasteiger partial charge is 0.377 e. The molecule has 2 aromatic rings. The van der Waals surface area contributed by atoms with Gasteiger partial charge in [0.2, 0.25) is 5.28 Å². The molecule has 0 bridgehead atoms. The van der Waals surface area contributed by atoms with E-state index in [1.165, 1.54) is 0 Å². The van der Waals surface area contributed by atoms with Crippen LogP contribution < -0.4 is 4.90 Å². The van der Waals surface area contributed by atoms with Crippen molar-refractivity contribution in [2.75, 3.05) is 24.7 Å². The number of anilines is 1. The molecule has 0 amide bonds. The van der Waals surface area contributed by atoms with Gasteiger partial charge in [-0.1, -0.05) is 18.2 Å². The molecular formula is C19H22ClN3O3S. The van der Waals surface area contributed by atoms with Gasteiger partial charge in [-0.05, 0) is 49.9 Å². The number of aromatic nitrogens is 2. The Labute approximate surface area is 164 Å². The van der Waals surface area contributed by atoms with Crippen molar-refractivity contribution in [3.63, 3.8) is 0 Å². The van der Waals surface area contributed by atoms with Crippen molar-refractivity contribution >= 4 is 27.3 Å². The number of ether oxygens (including phenoxy) is 1. The Hall–Kier alpha value is -1.70. The fourth-order valence-electron chi connectivity index (χ4n) is 3.70. The van der Waals surface area contributed by atoms with Crippen molar-refractivity contribution in [1.29, 1.82) is 0 Å². The molecular weight excluding hydrogens is 386 g/mol. The molecule has 1 aliphatic carbocycles. The van der Waals surface area contributed by atoms with E-state index in [0.717, 1.165) is 5.56 Å². The number of halogens is 1. The van der Waals surface area contributed by atoms with Crippen LogP contribution in [0.5, 0.6) is 0 Å². The van der Waals surface area contributed by atoms with Crippen molar-refractivity contribution in [3.05, 3.63) is 46.9 Å². The highest BCUT2D eigenvalue weighted by Gasteiger charge is 2.58. The zero-order valence-electron chi connectivity index (χ0n) is 15.4. The monoisotopic (exact) mass is 407 g/mol. The summed E-state index contributed by atoms with van der Waals surface area (Å²) in [7, 11) is -3.58. The molecule has 1 aromatic carbocycles. The third-order valence-electron chi connectivity index (χ3n) is 5.42. The van der Waals surface area contributed by atoms with Crippen molar-refractivity contribution in [1.82, 2.24) is 9.97 Å². The van der Waals surface area contributed by atoms with E-state index < -0.39 is 14.6 Å². The van der Waals surface area contributed by atoms with Crippen LogP contribution in [0.3, 0.4) is 0 Å². The predicted octanol–water partition coefficient (Wildman–Crippen LogP) is 3.13. The van der Waals surface area contributed by atoms with E-state index in [2.05, 4.69) is 14.9 Å². The van der Waals surface area contributed by atoms with Crippen molar-refractivity contribution in [2.45, 2.75) is 42.4 Å². The molecule has 0 spiro atoms. The van der Waals surface area contributed by atoms with E-state index in [1.807, 2.05) is 26.0 Å². The van der Waals surface area contributed by atoms with Gasteiger partial charge in [0, 0.05) is 12.6 Å². The standard InChI is InChI=1S/C19H22ClN3O3S/c1-13-5-3-4-6-15(13)27(24,25)19(7-8-19)16-11-17(22-18(20)21-16)23-9-10-26-12-14(23)2/h3-6,11,14H,7-10,12H2,1-2H3/t14-/m0/s1. The molecule has 6 nitrogen and oxygen atoms in total. The predicted molar refractivity (Wildman–Crippen MR) is 104 cm³/mol. The van der Waals surface area contributed by atoms with Crippen LogP contribution in [0.2, 0.25) is 5.28 Å².